The number of hydrogen-bond acceptors (Lipinski definition) is 3. The van der Waals surface area contributed by atoms with Gasteiger partial charge in [-0.05, 0) is 52.0 Å². The molecule has 2 bridgehead atoms. The molecule has 18 heavy (non-hydrogen) atoms. The zero-order valence-corrected chi connectivity index (χ0v) is 12.0. The Morgan fingerprint density at radius 1 is 1.28 bits per heavy atom. The molecule has 2 rings (SSSR count). The maximum atomic E-state index is 12.1. The molecule has 1 heterocycles. The van der Waals surface area contributed by atoms with Crippen molar-refractivity contribution in [2.45, 2.75) is 52.2 Å². The molecular weight excluding hydrogens is 228 g/mol. The van der Waals surface area contributed by atoms with Crippen molar-refractivity contribution in [2.24, 2.45) is 11.8 Å². The normalized spacial score (nSPS) is 31.6. The molecule has 4 nitrogen and oxygen atoms in total. The van der Waals surface area contributed by atoms with E-state index in [0.29, 0.717) is 17.9 Å². The highest BCUT2D eigenvalue weighted by Gasteiger charge is 2.43. The number of carbonyl (C=O) groups is 1. The number of nitrogens with zero attached hydrogens (tertiary/aromatic N) is 1. The lowest BCUT2D eigenvalue weighted by atomic mass is 9.92. The van der Waals surface area contributed by atoms with E-state index in [0.717, 1.165) is 19.6 Å². The Labute approximate surface area is 110 Å². The molecule has 2 fully saturated rings. The van der Waals surface area contributed by atoms with Gasteiger partial charge in [-0.25, -0.2) is 4.79 Å². The van der Waals surface area contributed by atoms with Gasteiger partial charge in [-0.2, -0.15) is 0 Å². The Bertz CT molecular complexity index is 297. The fourth-order valence-electron chi connectivity index (χ4n) is 3.27. The van der Waals surface area contributed by atoms with Crippen molar-refractivity contribution < 1.29 is 9.53 Å². The van der Waals surface area contributed by atoms with Gasteiger partial charge in [-0.1, -0.05) is 6.92 Å². The molecule has 104 valence electrons. The minimum atomic E-state index is -0.394. The highest BCUT2D eigenvalue weighted by Crippen LogP contribution is 2.37. The number of rotatable bonds is 2. The number of amides is 1. The molecule has 1 amide bonds. The van der Waals surface area contributed by atoms with Gasteiger partial charge < -0.3 is 15.0 Å². The summed E-state index contributed by atoms with van der Waals surface area (Å²) < 4.78 is 5.46. The SMILES string of the molecule is CCNC1C2CCC1CN(C(=O)OC(C)(C)C)C2. The van der Waals surface area contributed by atoms with E-state index in [1.165, 1.54) is 12.8 Å². The van der Waals surface area contributed by atoms with E-state index in [9.17, 15) is 4.79 Å². The number of hydrogen-bond donors (Lipinski definition) is 1. The van der Waals surface area contributed by atoms with E-state index in [4.69, 9.17) is 4.74 Å². The van der Waals surface area contributed by atoms with Gasteiger partial charge >= 0.3 is 6.09 Å². The molecule has 2 unspecified atom stereocenters. The van der Waals surface area contributed by atoms with Crippen molar-refractivity contribution in [3.05, 3.63) is 0 Å². The summed E-state index contributed by atoms with van der Waals surface area (Å²) in [4.78, 5) is 14.0. The number of fused-ring (bicyclic) bond motifs is 2. The van der Waals surface area contributed by atoms with Crippen LogP contribution in [0.25, 0.3) is 0 Å². The van der Waals surface area contributed by atoms with Crippen molar-refractivity contribution in [1.82, 2.24) is 10.2 Å². The number of ether oxygens (including phenoxy) is 1. The summed E-state index contributed by atoms with van der Waals surface area (Å²) in [6, 6.07) is 0.605. The lowest BCUT2D eigenvalue weighted by Gasteiger charge is -2.38. The third-order valence-corrected chi connectivity index (χ3v) is 3.93. The van der Waals surface area contributed by atoms with E-state index in [2.05, 4.69) is 12.2 Å². The number of piperidine rings is 1. The second kappa shape index (κ2) is 5.08. The number of nitrogens with one attached hydrogen (secondary N) is 1. The van der Waals surface area contributed by atoms with Crippen molar-refractivity contribution >= 4 is 6.09 Å². The lowest BCUT2D eigenvalue weighted by Crippen LogP contribution is -2.53. The Morgan fingerprint density at radius 2 is 1.83 bits per heavy atom. The first kappa shape index (κ1) is 13.7. The van der Waals surface area contributed by atoms with E-state index in [1.54, 1.807) is 0 Å². The third-order valence-electron chi connectivity index (χ3n) is 3.93. The summed E-state index contributed by atoms with van der Waals surface area (Å²) in [5.74, 6) is 1.22. The molecule has 2 aliphatic rings. The molecule has 0 aromatic heterocycles. The predicted octanol–water partition coefficient (Wildman–Crippen LogP) is 2.24. The van der Waals surface area contributed by atoms with Crippen molar-refractivity contribution in [2.75, 3.05) is 19.6 Å². The molecule has 4 heteroatoms. The molecule has 0 spiro atoms. The molecule has 1 saturated heterocycles. The number of likely N-dealkylation sites (tertiary alicyclic amines) is 1. The van der Waals surface area contributed by atoms with Crippen LogP contribution in [0.4, 0.5) is 4.79 Å². The fraction of sp³-hybridized carbons (Fsp3) is 0.929. The van der Waals surface area contributed by atoms with E-state index < -0.39 is 5.60 Å². The smallest absolute Gasteiger partial charge is 0.410 e. The molecule has 0 radical (unpaired) electrons. The van der Waals surface area contributed by atoms with E-state index >= 15 is 0 Å². The van der Waals surface area contributed by atoms with Crippen LogP contribution >= 0.6 is 0 Å². The van der Waals surface area contributed by atoms with Gasteiger partial charge in [0.25, 0.3) is 0 Å². The van der Waals surface area contributed by atoms with Crippen molar-refractivity contribution in [3.63, 3.8) is 0 Å². The van der Waals surface area contributed by atoms with E-state index in [-0.39, 0.29) is 6.09 Å². The highest BCUT2D eigenvalue weighted by molar-refractivity contribution is 5.68. The van der Waals surface area contributed by atoms with Crippen LogP contribution in [0.3, 0.4) is 0 Å². The zero-order chi connectivity index (χ0) is 13.3. The molecule has 1 aliphatic carbocycles. The molecule has 1 N–H and O–H groups in total. The topological polar surface area (TPSA) is 41.6 Å². The largest absolute Gasteiger partial charge is 0.444 e. The molecule has 1 saturated carbocycles. The van der Waals surface area contributed by atoms with Gasteiger partial charge in [-0.3, -0.25) is 0 Å². The summed E-state index contributed by atoms with van der Waals surface area (Å²) >= 11 is 0. The summed E-state index contributed by atoms with van der Waals surface area (Å²) in [6.45, 7) is 10.6. The van der Waals surface area contributed by atoms with Gasteiger partial charge in [0, 0.05) is 19.1 Å². The average molecular weight is 254 g/mol. The minimum absolute atomic E-state index is 0.144. The average Bonchev–Trinajstić information content (AvgIpc) is 2.49. The van der Waals surface area contributed by atoms with Gasteiger partial charge in [0.15, 0.2) is 0 Å². The van der Waals surface area contributed by atoms with Gasteiger partial charge in [0.2, 0.25) is 0 Å². The Hall–Kier alpha value is -0.770. The lowest BCUT2D eigenvalue weighted by molar-refractivity contribution is 0.0116. The maximum Gasteiger partial charge on any atom is 0.410 e. The summed E-state index contributed by atoms with van der Waals surface area (Å²) in [5.41, 5.74) is -0.394. The zero-order valence-electron chi connectivity index (χ0n) is 12.0. The van der Waals surface area contributed by atoms with Crippen molar-refractivity contribution in [3.8, 4) is 0 Å². The number of carbonyl (C=O) groups excluding carboxylic acids is 1. The predicted molar refractivity (Wildman–Crippen MR) is 71.5 cm³/mol. The van der Waals surface area contributed by atoms with Crippen LogP contribution in [-0.2, 0) is 4.74 Å². The first-order chi connectivity index (χ1) is 8.40. The monoisotopic (exact) mass is 254 g/mol. The van der Waals surface area contributed by atoms with Crippen LogP contribution in [0.5, 0.6) is 0 Å². The second-order valence-electron chi connectivity index (χ2n) is 6.57. The van der Waals surface area contributed by atoms with Crippen molar-refractivity contribution in [1.29, 1.82) is 0 Å². The van der Waals surface area contributed by atoms with E-state index in [1.807, 2.05) is 25.7 Å². The highest BCUT2D eigenvalue weighted by atomic mass is 16.6. The van der Waals surface area contributed by atoms with Crippen LogP contribution in [0.15, 0.2) is 0 Å². The maximum absolute atomic E-state index is 12.1. The Morgan fingerprint density at radius 3 is 2.28 bits per heavy atom. The molecule has 1 aliphatic heterocycles. The van der Waals surface area contributed by atoms with Gasteiger partial charge in [0.05, 0.1) is 0 Å². The molecular formula is C14H26N2O2. The summed E-state index contributed by atoms with van der Waals surface area (Å²) in [7, 11) is 0. The Kier molecular flexibility index (Phi) is 3.85. The second-order valence-corrected chi connectivity index (χ2v) is 6.57. The van der Waals surface area contributed by atoms with Crippen LogP contribution < -0.4 is 5.32 Å². The third kappa shape index (κ3) is 2.97. The van der Waals surface area contributed by atoms with Gasteiger partial charge in [-0.15, -0.1) is 0 Å². The first-order valence-electron chi connectivity index (χ1n) is 7.12. The summed E-state index contributed by atoms with van der Waals surface area (Å²) in [5, 5.41) is 3.58. The Balaban J connectivity index is 1.94. The van der Waals surface area contributed by atoms with Gasteiger partial charge in [0.1, 0.15) is 5.60 Å². The van der Waals surface area contributed by atoms with Crippen LogP contribution in [0, 0.1) is 11.8 Å². The fourth-order valence-corrected chi connectivity index (χ4v) is 3.27. The molecule has 2 atom stereocenters. The quantitative estimate of drug-likeness (QED) is 0.821. The van der Waals surface area contributed by atoms with Crippen LogP contribution in [-0.4, -0.2) is 42.3 Å². The first-order valence-corrected chi connectivity index (χ1v) is 7.12. The summed E-state index contributed by atoms with van der Waals surface area (Å²) in [6.07, 6.45) is 2.33. The molecule has 0 aromatic rings. The minimum Gasteiger partial charge on any atom is -0.444 e. The standard InChI is InChI=1S/C14H26N2O2/c1-5-15-12-10-6-7-11(12)9-16(8-10)13(17)18-14(2,3)4/h10-12,15H,5-9H2,1-4H3. The molecule has 0 aromatic carbocycles. The van der Waals surface area contributed by atoms with Crippen LogP contribution in [0.2, 0.25) is 0 Å². The van der Waals surface area contributed by atoms with Crippen LogP contribution in [0.1, 0.15) is 40.5 Å².